The van der Waals surface area contributed by atoms with Crippen LogP contribution >= 0.6 is 0 Å². The van der Waals surface area contributed by atoms with E-state index in [2.05, 4.69) is 73.8 Å². The number of rotatable bonds is 23. The van der Waals surface area contributed by atoms with E-state index in [0.717, 1.165) is 38.5 Å². The van der Waals surface area contributed by atoms with Gasteiger partial charge in [-0.25, -0.2) is 4.79 Å². The second kappa shape index (κ2) is 24.1. The van der Waals surface area contributed by atoms with Crippen LogP contribution in [0.5, 0.6) is 5.75 Å². The van der Waals surface area contributed by atoms with E-state index in [-0.39, 0.29) is 35.9 Å². The average Bonchev–Trinajstić information content (AvgIpc) is 2.95. The molecule has 1 aromatic rings. The molecule has 0 unspecified atom stereocenters. The molecule has 0 spiro atoms. The summed E-state index contributed by atoms with van der Waals surface area (Å²) in [4.78, 5) is 35.1. The summed E-state index contributed by atoms with van der Waals surface area (Å²) in [6.45, 7) is 2.35. The number of ether oxygens (including phenoxy) is 1. The zero-order chi connectivity index (χ0) is 30.0. The number of ketones is 2. The van der Waals surface area contributed by atoms with Crippen LogP contribution in [0.2, 0.25) is 0 Å². The predicted molar refractivity (Wildman–Crippen MR) is 166 cm³/mol. The maximum Gasteiger partial charge on any atom is 0.339 e. The van der Waals surface area contributed by atoms with E-state index < -0.39 is 5.97 Å². The number of benzene rings is 1. The van der Waals surface area contributed by atoms with Gasteiger partial charge in [-0.3, -0.25) is 9.59 Å². The maximum atomic E-state index is 12.0. The third-order valence-electron chi connectivity index (χ3n) is 5.89. The minimum atomic E-state index is -1.25. The third kappa shape index (κ3) is 19.9. The van der Waals surface area contributed by atoms with Gasteiger partial charge in [-0.05, 0) is 69.1 Å². The van der Waals surface area contributed by atoms with Crippen LogP contribution in [0.25, 0.3) is 0 Å². The molecule has 1 rings (SSSR count). The van der Waals surface area contributed by atoms with Crippen molar-refractivity contribution < 1.29 is 29.3 Å². The molecule has 0 aliphatic rings. The zero-order valence-corrected chi connectivity index (χ0v) is 24.4. The van der Waals surface area contributed by atoms with Crippen LogP contribution in [0.15, 0.2) is 91.1 Å². The molecular formula is C35H46O6. The van der Waals surface area contributed by atoms with Gasteiger partial charge in [0.05, 0.1) is 0 Å². The van der Waals surface area contributed by atoms with Crippen molar-refractivity contribution in [1.29, 1.82) is 0 Å². The first kappa shape index (κ1) is 35.3. The minimum Gasteiger partial charge on any atom is -0.507 e. The number of aromatic hydroxyl groups is 1. The van der Waals surface area contributed by atoms with Gasteiger partial charge in [0.2, 0.25) is 0 Å². The Morgan fingerprint density at radius 3 is 1.80 bits per heavy atom. The first-order valence-electron chi connectivity index (χ1n) is 14.5. The number of allylic oxidation sites excluding steroid dienone is 12. The van der Waals surface area contributed by atoms with E-state index in [0.29, 0.717) is 37.9 Å². The molecule has 0 fully saturated rings. The fourth-order valence-electron chi connectivity index (χ4n) is 3.71. The van der Waals surface area contributed by atoms with Gasteiger partial charge >= 0.3 is 5.97 Å². The largest absolute Gasteiger partial charge is 0.507 e. The number of hydrogen-bond donors (Lipinski definition) is 2. The van der Waals surface area contributed by atoms with Crippen molar-refractivity contribution in [2.75, 3.05) is 13.2 Å². The van der Waals surface area contributed by atoms with Crippen molar-refractivity contribution in [3.63, 3.8) is 0 Å². The monoisotopic (exact) mass is 562 g/mol. The van der Waals surface area contributed by atoms with Crippen LogP contribution in [0, 0.1) is 0 Å². The topological polar surface area (TPSA) is 101 Å². The lowest BCUT2D eigenvalue weighted by atomic mass is 10.1. The molecule has 0 aromatic heterocycles. The molecule has 0 aliphatic heterocycles. The summed E-state index contributed by atoms with van der Waals surface area (Å²) in [5.74, 6) is -1.62. The molecule has 222 valence electrons. The van der Waals surface area contributed by atoms with Crippen LogP contribution in [0.1, 0.15) is 87.1 Å². The standard InChI is InChI=1S/C35H46O6/c1-2-3-4-5-6-7-8-9-10-11-12-13-14-15-16-17-18-19-20-22-31(36)23-21-26-41-29-32(37)27-30-24-25-34(38)33(28-30)35(39)40/h3-4,6-7,9-10,12-13,15-16,18-19,24-25,28,38H,2,5,8,11,14,17,20-23,26-27,29H2,1H3,(H,39,40)/b4-3-,7-6-,10-9-,13-12-,16-15-,19-18-. The van der Waals surface area contributed by atoms with Gasteiger partial charge in [0, 0.05) is 25.9 Å². The lowest BCUT2D eigenvalue weighted by Gasteiger charge is -2.06. The Balaban J connectivity index is 2.02. The van der Waals surface area contributed by atoms with Gasteiger partial charge in [0.25, 0.3) is 0 Å². The molecule has 0 aliphatic carbocycles. The molecule has 2 N–H and O–H groups in total. The predicted octanol–water partition coefficient (Wildman–Crippen LogP) is 8.05. The lowest BCUT2D eigenvalue weighted by Crippen LogP contribution is -2.13. The molecule has 0 amide bonds. The Morgan fingerprint density at radius 1 is 0.732 bits per heavy atom. The van der Waals surface area contributed by atoms with Crippen molar-refractivity contribution in [3.8, 4) is 5.75 Å². The molecule has 6 heteroatoms. The number of hydrogen-bond acceptors (Lipinski definition) is 5. The van der Waals surface area contributed by atoms with Crippen molar-refractivity contribution in [1.82, 2.24) is 0 Å². The first-order chi connectivity index (χ1) is 19.9. The van der Waals surface area contributed by atoms with E-state index >= 15 is 0 Å². The van der Waals surface area contributed by atoms with Gasteiger partial charge < -0.3 is 14.9 Å². The Labute approximate surface area is 245 Å². The summed E-state index contributed by atoms with van der Waals surface area (Å²) >= 11 is 0. The first-order valence-corrected chi connectivity index (χ1v) is 14.5. The third-order valence-corrected chi connectivity index (χ3v) is 5.89. The van der Waals surface area contributed by atoms with E-state index in [9.17, 15) is 19.5 Å². The Hall–Kier alpha value is -3.77. The van der Waals surface area contributed by atoms with Crippen LogP contribution in [-0.2, 0) is 20.7 Å². The molecule has 1 aromatic carbocycles. The fraction of sp³-hybridized carbons (Fsp3) is 0.400. The second-order valence-electron chi connectivity index (χ2n) is 9.52. The quantitative estimate of drug-likeness (QED) is 0.103. The van der Waals surface area contributed by atoms with Gasteiger partial charge in [-0.2, -0.15) is 0 Å². The minimum absolute atomic E-state index is 0.0193. The number of carboxylic acid groups (broad SMARTS) is 1. The summed E-state index contributed by atoms with van der Waals surface area (Å²) in [6, 6.07) is 4.06. The van der Waals surface area contributed by atoms with Crippen molar-refractivity contribution in [3.05, 3.63) is 102 Å². The Morgan fingerprint density at radius 2 is 1.27 bits per heavy atom. The number of carboxylic acids is 1. The number of Topliss-reactive ketones (excluding diaryl/α,β-unsaturated/α-hetero) is 2. The van der Waals surface area contributed by atoms with Crippen LogP contribution in [0.3, 0.4) is 0 Å². The van der Waals surface area contributed by atoms with E-state index in [1.54, 1.807) is 0 Å². The molecule has 0 atom stereocenters. The second-order valence-corrected chi connectivity index (χ2v) is 9.52. The summed E-state index contributed by atoms with van der Waals surface area (Å²) in [7, 11) is 0. The number of carbonyl (C=O) groups excluding carboxylic acids is 2. The van der Waals surface area contributed by atoms with Gasteiger partial charge in [-0.15, -0.1) is 0 Å². The molecule has 0 bridgehead atoms. The highest BCUT2D eigenvalue weighted by Gasteiger charge is 2.12. The molecule has 0 saturated carbocycles. The zero-order valence-electron chi connectivity index (χ0n) is 24.4. The average molecular weight is 563 g/mol. The lowest BCUT2D eigenvalue weighted by molar-refractivity contribution is -0.123. The number of aromatic carboxylic acids is 1. The summed E-state index contributed by atoms with van der Waals surface area (Å²) in [5, 5.41) is 18.6. The van der Waals surface area contributed by atoms with Crippen LogP contribution in [0.4, 0.5) is 0 Å². The summed E-state index contributed by atoms with van der Waals surface area (Å²) < 4.78 is 5.36. The van der Waals surface area contributed by atoms with E-state index in [4.69, 9.17) is 9.84 Å². The van der Waals surface area contributed by atoms with Crippen molar-refractivity contribution in [2.45, 2.75) is 77.6 Å². The van der Waals surface area contributed by atoms with Gasteiger partial charge in [0.1, 0.15) is 23.7 Å². The highest BCUT2D eigenvalue weighted by Crippen LogP contribution is 2.19. The number of carbonyl (C=O) groups is 3. The maximum absolute atomic E-state index is 12.0. The Kier molecular flexibility index (Phi) is 20.7. The normalized spacial score (nSPS) is 12.3. The summed E-state index contributed by atoms with van der Waals surface area (Å²) in [6.07, 6.45) is 33.9. The molecule has 6 nitrogen and oxygen atoms in total. The van der Waals surface area contributed by atoms with Crippen LogP contribution < -0.4 is 0 Å². The molecular weight excluding hydrogens is 516 g/mol. The van der Waals surface area contributed by atoms with Crippen molar-refractivity contribution >= 4 is 17.5 Å². The number of phenols is 1. The molecule has 0 heterocycles. The molecule has 0 saturated heterocycles. The SMILES string of the molecule is CC/C=C\C/C=C\C/C=C\C/C=C\C/C=C\C/C=C\CCC(=O)CCCOCC(=O)Cc1ccc(O)c(C(=O)O)c1. The Bertz CT molecular complexity index is 1090. The highest BCUT2D eigenvalue weighted by molar-refractivity contribution is 5.91. The fourth-order valence-corrected chi connectivity index (χ4v) is 3.71. The molecule has 0 radical (unpaired) electrons. The molecule has 41 heavy (non-hydrogen) atoms. The van der Waals surface area contributed by atoms with Crippen molar-refractivity contribution in [2.24, 2.45) is 0 Å². The van der Waals surface area contributed by atoms with Gasteiger partial charge in [-0.1, -0.05) is 85.9 Å². The van der Waals surface area contributed by atoms with E-state index in [1.165, 1.54) is 18.2 Å². The van der Waals surface area contributed by atoms with Crippen LogP contribution in [-0.4, -0.2) is 41.0 Å². The van der Waals surface area contributed by atoms with Gasteiger partial charge in [0.15, 0.2) is 5.78 Å². The smallest absolute Gasteiger partial charge is 0.339 e. The highest BCUT2D eigenvalue weighted by atomic mass is 16.5. The summed E-state index contributed by atoms with van der Waals surface area (Å²) in [5.41, 5.74) is 0.261. The van der Waals surface area contributed by atoms with E-state index in [1.807, 2.05) is 6.08 Å².